The minimum absolute atomic E-state index is 0.188. The fourth-order valence-corrected chi connectivity index (χ4v) is 3.07. The second kappa shape index (κ2) is 6.98. The minimum Gasteiger partial charge on any atom is -0.320 e. The standard InChI is InChI=1S/C19H13Cl2N5O/c1-11-17(19(27)23-15-4-2-3-14(21)9-15)24-25-18-16(10-22-26(11)18)12-5-7-13(20)8-6-12/h2-10H,1H3,(H,23,27). The molecule has 0 bridgehead atoms. The smallest absolute Gasteiger partial charge is 0.278 e. The predicted molar refractivity (Wildman–Crippen MR) is 105 cm³/mol. The van der Waals surface area contributed by atoms with Crippen LogP contribution in [0.25, 0.3) is 16.8 Å². The van der Waals surface area contributed by atoms with Crippen LogP contribution < -0.4 is 5.32 Å². The largest absolute Gasteiger partial charge is 0.320 e. The van der Waals surface area contributed by atoms with Gasteiger partial charge in [-0.3, -0.25) is 4.79 Å². The van der Waals surface area contributed by atoms with Gasteiger partial charge in [0, 0.05) is 21.3 Å². The Bertz CT molecular complexity index is 1150. The van der Waals surface area contributed by atoms with Crippen LogP contribution >= 0.6 is 23.2 Å². The summed E-state index contributed by atoms with van der Waals surface area (Å²) in [4.78, 5) is 12.6. The molecule has 0 spiro atoms. The highest BCUT2D eigenvalue weighted by Crippen LogP contribution is 2.25. The number of nitrogens with zero attached hydrogens (tertiary/aromatic N) is 4. The zero-order valence-electron chi connectivity index (χ0n) is 14.1. The van der Waals surface area contributed by atoms with Gasteiger partial charge in [-0.2, -0.15) is 5.10 Å². The van der Waals surface area contributed by atoms with E-state index in [1.165, 1.54) is 0 Å². The molecule has 2 aromatic carbocycles. The van der Waals surface area contributed by atoms with Gasteiger partial charge in [-0.15, -0.1) is 10.2 Å². The number of hydrogen-bond donors (Lipinski definition) is 1. The minimum atomic E-state index is -0.382. The van der Waals surface area contributed by atoms with Crippen LogP contribution in [0.15, 0.2) is 54.7 Å². The van der Waals surface area contributed by atoms with Crippen LogP contribution in [0.5, 0.6) is 0 Å². The normalized spacial score (nSPS) is 10.9. The summed E-state index contributed by atoms with van der Waals surface area (Å²) in [5.41, 5.74) is 3.64. The molecule has 0 saturated carbocycles. The Hall–Kier alpha value is -2.96. The maximum Gasteiger partial charge on any atom is 0.278 e. The summed E-state index contributed by atoms with van der Waals surface area (Å²) in [5.74, 6) is -0.382. The first kappa shape index (κ1) is 17.5. The van der Waals surface area contributed by atoms with E-state index in [0.717, 1.165) is 11.1 Å². The van der Waals surface area contributed by atoms with Crippen molar-refractivity contribution >= 4 is 40.4 Å². The van der Waals surface area contributed by atoms with Gasteiger partial charge in [0.05, 0.1) is 11.9 Å². The summed E-state index contributed by atoms with van der Waals surface area (Å²) < 4.78 is 1.60. The van der Waals surface area contributed by atoms with Crippen molar-refractivity contribution in [2.24, 2.45) is 0 Å². The molecule has 27 heavy (non-hydrogen) atoms. The fraction of sp³-hybridized carbons (Fsp3) is 0.0526. The lowest BCUT2D eigenvalue weighted by atomic mass is 10.1. The van der Waals surface area contributed by atoms with Crippen LogP contribution in [-0.4, -0.2) is 25.7 Å². The first-order chi connectivity index (χ1) is 13.0. The summed E-state index contributed by atoms with van der Waals surface area (Å²) in [7, 11) is 0. The van der Waals surface area contributed by atoms with E-state index in [1.807, 2.05) is 12.1 Å². The van der Waals surface area contributed by atoms with Crippen molar-refractivity contribution in [2.75, 3.05) is 5.32 Å². The number of amides is 1. The van der Waals surface area contributed by atoms with E-state index in [4.69, 9.17) is 23.2 Å². The number of carbonyl (C=O) groups excluding carboxylic acids is 1. The van der Waals surface area contributed by atoms with E-state index in [0.29, 0.717) is 27.1 Å². The summed E-state index contributed by atoms with van der Waals surface area (Å²) in [6.07, 6.45) is 1.69. The van der Waals surface area contributed by atoms with Crippen LogP contribution in [0.4, 0.5) is 5.69 Å². The highest BCUT2D eigenvalue weighted by Gasteiger charge is 2.18. The number of benzene rings is 2. The van der Waals surface area contributed by atoms with E-state index < -0.39 is 0 Å². The van der Waals surface area contributed by atoms with E-state index >= 15 is 0 Å². The first-order valence-electron chi connectivity index (χ1n) is 8.07. The Morgan fingerprint density at radius 1 is 1.04 bits per heavy atom. The summed E-state index contributed by atoms with van der Waals surface area (Å²) in [6, 6.07) is 14.3. The number of halogens is 2. The SMILES string of the molecule is Cc1c(C(=O)Nc2cccc(Cl)c2)nnc2c(-c3ccc(Cl)cc3)cnn12. The molecule has 0 aliphatic rings. The van der Waals surface area contributed by atoms with Crippen molar-refractivity contribution < 1.29 is 4.79 Å². The van der Waals surface area contributed by atoms with Gasteiger partial charge < -0.3 is 5.32 Å². The number of anilines is 1. The van der Waals surface area contributed by atoms with Gasteiger partial charge in [-0.25, -0.2) is 4.52 Å². The average Bonchev–Trinajstić information content (AvgIpc) is 3.07. The molecule has 4 rings (SSSR count). The third kappa shape index (κ3) is 3.37. The van der Waals surface area contributed by atoms with Gasteiger partial charge >= 0.3 is 0 Å². The lowest BCUT2D eigenvalue weighted by Crippen LogP contribution is -2.18. The Morgan fingerprint density at radius 2 is 1.81 bits per heavy atom. The van der Waals surface area contributed by atoms with Crippen LogP contribution in [-0.2, 0) is 0 Å². The number of aromatic nitrogens is 4. The third-order valence-electron chi connectivity index (χ3n) is 4.10. The zero-order chi connectivity index (χ0) is 19.0. The number of carbonyl (C=O) groups is 1. The summed E-state index contributed by atoms with van der Waals surface area (Å²) >= 11 is 11.9. The molecule has 0 saturated heterocycles. The molecule has 0 atom stereocenters. The predicted octanol–water partition coefficient (Wildman–Crippen LogP) is 4.66. The maximum absolute atomic E-state index is 12.6. The molecule has 1 amide bonds. The molecule has 2 heterocycles. The van der Waals surface area contributed by atoms with Crippen LogP contribution in [0.2, 0.25) is 10.0 Å². The lowest BCUT2D eigenvalue weighted by molar-refractivity contribution is 0.102. The second-order valence-electron chi connectivity index (χ2n) is 5.90. The van der Waals surface area contributed by atoms with Crippen molar-refractivity contribution in [3.63, 3.8) is 0 Å². The number of rotatable bonds is 3. The molecule has 0 aliphatic heterocycles. The third-order valence-corrected chi connectivity index (χ3v) is 4.59. The molecule has 8 heteroatoms. The average molecular weight is 398 g/mol. The molecule has 0 radical (unpaired) electrons. The quantitative estimate of drug-likeness (QED) is 0.545. The molecule has 4 aromatic rings. The van der Waals surface area contributed by atoms with Crippen LogP contribution in [0.3, 0.4) is 0 Å². The molecule has 134 valence electrons. The molecule has 1 N–H and O–H groups in total. The van der Waals surface area contributed by atoms with E-state index in [-0.39, 0.29) is 11.6 Å². The topological polar surface area (TPSA) is 72.2 Å². The highest BCUT2D eigenvalue weighted by molar-refractivity contribution is 6.31. The zero-order valence-corrected chi connectivity index (χ0v) is 15.7. The molecule has 0 aliphatic carbocycles. The van der Waals surface area contributed by atoms with Gasteiger partial charge in [0.25, 0.3) is 5.91 Å². The fourth-order valence-electron chi connectivity index (χ4n) is 2.75. The van der Waals surface area contributed by atoms with Crippen molar-refractivity contribution in [2.45, 2.75) is 6.92 Å². The highest BCUT2D eigenvalue weighted by atomic mass is 35.5. The van der Waals surface area contributed by atoms with Crippen LogP contribution in [0.1, 0.15) is 16.2 Å². The summed E-state index contributed by atoms with van der Waals surface area (Å²) in [5, 5.41) is 16.6. The number of hydrogen-bond acceptors (Lipinski definition) is 4. The molecular formula is C19H13Cl2N5O. The molecule has 6 nitrogen and oxygen atoms in total. The maximum atomic E-state index is 12.6. The van der Waals surface area contributed by atoms with Gasteiger partial charge in [-0.1, -0.05) is 41.4 Å². The Kier molecular flexibility index (Phi) is 4.51. The number of fused-ring (bicyclic) bond motifs is 1. The van der Waals surface area contributed by atoms with Gasteiger partial charge in [0.2, 0.25) is 0 Å². The Balaban J connectivity index is 1.70. The first-order valence-corrected chi connectivity index (χ1v) is 8.82. The van der Waals surface area contributed by atoms with Crippen molar-refractivity contribution in [3.8, 4) is 11.1 Å². The number of nitrogens with one attached hydrogen (secondary N) is 1. The van der Waals surface area contributed by atoms with Crippen molar-refractivity contribution in [3.05, 3.63) is 76.2 Å². The number of aryl methyl sites for hydroxylation is 1. The van der Waals surface area contributed by atoms with E-state index in [9.17, 15) is 4.79 Å². The van der Waals surface area contributed by atoms with Crippen molar-refractivity contribution in [1.29, 1.82) is 0 Å². The van der Waals surface area contributed by atoms with Gasteiger partial charge in [0.15, 0.2) is 11.3 Å². The van der Waals surface area contributed by atoms with Crippen molar-refractivity contribution in [1.82, 2.24) is 19.8 Å². The van der Waals surface area contributed by atoms with Gasteiger partial charge in [-0.05, 0) is 42.8 Å². The van der Waals surface area contributed by atoms with E-state index in [2.05, 4.69) is 20.6 Å². The molecular weight excluding hydrogens is 385 g/mol. The summed E-state index contributed by atoms with van der Waals surface area (Å²) in [6.45, 7) is 1.77. The molecule has 2 aromatic heterocycles. The van der Waals surface area contributed by atoms with Crippen LogP contribution in [0, 0.1) is 6.92 Å². The van der Waals surface area contributed by atoms with E-state index in [1.54, 1.807) is 54.0 Å². The molecule has 0 unspecified atom stereocenters. The second-order valence-corrected chi connectivity index (χ2v) is 6.77. The Morgan fingerprint density at radius 3 is 2.56 bits per heavy atom. The lowest BCUT2D eigenvalue weighted by Gasteiger charge is -2.08. The Labute approximate surface area is 164 Å². The van der Waals surface area contributed by atoms with Gasteiger partial charge in [0.1, 0.15) is 0 Å². The monoisotopic (exact) mass is 397 g/mol. The molecule has 0 fully saturated rings.